The molecule has 1 aliphatic rings. The quantitative estimate of drug-likeness (QED) is 0.743. The van der Waals surface area contributed by atoms with Crippen LogP contribution in [0.1, 0.15) is 39.0 Å². The molecular weight excluding hydrogens is 224 g/mol. The Balaban J connectivity index is 2.12. The molecule has 1 saturated heterocycles. The third-order valence-corrected chi connectivity index (χ3v) is 4.20. The highest BCUT2D eigenvalue weighted by molar-refractivity contribution is 7.85. The molecule has 1 fully saturated rings. The van der Waals surface area contributed by atoms with Gasteiger partial charge in [0, 0.05) is 40.8 Å². The van der Waals surface area contributed by atoms with Crippen molar-refractivity contribution in [1.82, 2.24) is 5.32 Å². The summed E-state index contributed by atoms with van der Waals surface area (Å²) in [7, 11) is -0.655. The molecule has 0 radical (unpaired) electrons. The Labute approximate surface area is 99.8 Å². The molecule has 0 spiro atoms. The highest BCUT2D eigenvalue weighted by Gasteiger charge is 2.19. The van der Waals surface area contributed by atoms with Crippen LogP contribution in [0.5, 0.6) is 0 Å². The molecule has 0 aromatic heterocycles. The summed E-state index contributed by atoms with van der Waals surface area (Å²) in [5.41, 5.74) is 5.61. The van der Waals surface area contributed by atoms with Crippen molar-refractivity contribution >= 4 is 16.7 Å². The zero-order valence-corrected chi connectivity index (χ0v) is 10.7. The minimum atomic E-state index is -0.655. The van der Waals surface area contributed by atoms with Crippen molar-refractivity contribution in [3.63, 3.8) is 0 Å². The van der Waals surface area contributed by atoms with E-state index in [1.165, 1.54) is 0 Å². The second-order valence-corrected chi connectivity index (χ2v) is 6.26. The smallest absolute Gasteiger partial charge is 0.220 e. The standard InChI is InChI=1S/C11H22N2O2S/c1-9(12)3-2-4-11(14)13-10-5-7-16(15)8-6-10/h9-10H,2-8,12H2,1H3,(H,13,14). The summed E-state index contributed by atoms with van der Waals surface area (Å²) in [5.74, 6) is 1.56. The van der Waals surface area contributed by atoms with Crippen LogP contribution in [0.15, 0.2) is 0 Å². The maximum atomic E-state index is 11.5. The SMILES string of the molecule is CC(N)CCCC(=O)NC1CCS(=O)CC1. The molecule has 94 valence electrons. The molecule has 0 aliphatic carbocycles. The van der Waals surface area contributed by atoms with E-state index in [9.17, 15) is 9.00 Å². The van der Waals surface area contributed by atoms with Crippen molar-refractivity contribution in [3.05, 3.63) is 0 Å². The van der Waals surface area contributed by atoms with Crippen molar-refractivity contribution in [1.29, 1.82) is 0 Å². The number of hydrogen-bond donors (Lipinski definition) is 2. The van der Waals surface area contributed by atoms with Crippen LogP contribution in [0.3, 0.4) is 0 Å². The first-order valence-corrected chi connectivity index (χ1v) is 7.46. The Bertz CT molecular complexity index is 246. The van der Waals surface area contributed by atoms with E-state index >= 15 is 0 Å². The fourth-order valence-corrected chi connectivity index (χ4v) is 3.12. The van der Waals surface area contributed by atoms with Crippen molar-refractivity contribution in [2.45, 2.75) is 51.1 Å². The molecule has 1 unspecified atom stereocenters. The maximum Gasteiger partial charge on any atom is 0.220 e. The summed E-state index contributed by atoms with van der Waals surface area (Å²) in [4.78, 5) is 11.5. The molecule has 4 nitrogen and oxygen atoms in total. The van der Waals surface area contributed by atoms with E-state index in [4.69, 9.17) is 5.73 Å². The Morgan fingerprint density at radius 3 is 2.69 bits per heavy atom. The molecule has 5 heteroatoms. The van der Waals surface area contributed by atoms with Gasteiger partial charge in [-0.15, -0.1) is 0 Å². The van der Waals surface area contributed by atoms with Gasteiger partial charge in [0.15, 0.2) is 0 Å². The van der Waals surface area contributed by atoms with Gasteiger partial charge in [0.1, 0.15) is 0 Å². The third-order valence-electron chi connectivity index (χ3n) is 2.82. The predicted octanol–water partition coefficient (Wildman–Crippen LogP) is 0.531. The van der Waals surface area contributed by atoms with Gasteiger partial charge in [-0.25, -0.2) is 0 Å². The molecule has 0 aromatic rings. The Hall–Kier alpha value is -0.420. The van der Waals surface area contributed by atoms with Gasteiger partial charge < -0.3 is 11.1 Å². The lowest BCUT2D eigenvalue weighted by Crippen LogP contribution is -2.39. The lowest BCUT2D eigenvalue weighted by molar-refractivity contribution is -0.122. The van der Waals surface area contributed by atoms with Crippen LogP contribution in [0.4, 0.5) is 0 Å². The zero-order chi connectivity index (χ0) is 12.0. The van der Waals surface area contributed by atoms with E-state index < -0.39 is 10.8 Å². The van der Waals surface area contributed by atoms with Gasteiger partial charge in [0.25, 0.3) is 0 Å². The van der Waals surface area contributed by atoms with Crippen LogP contribution in [0.25, 0.3) is 0 Å². The number of nitrogens with one attached hydrogen (secondary N) is 1. The molecule has 3 N–H and O–H groups in total. The van der Waals surface area contributed by atoms with Gasteiger partial charge >= 0.3 is 0 Å². The maximum absolute atomic E-state index is 11.5. The lowest BCUT2D eigenvalue weighted by Gasteiger charge is -2.22. The second-order valence-electron chi connectivity index (χ2n) is 4.56. The van der Waals surface area contributed by atoms with E-state index in [1.54, 1.807) is 0 Å². The van der Waals surface area contributed by atoms with E-state index in [1.807, 2.05) is 6.92 Å². The highest BCUT2D eigenvalue weighted by atomic mass is 32.2. The molecular formula is C11H22N2O2S. The van der Waals surface area contributed by atoms with Gasteiger partial charge in [-0.05, 0) is 32.6 Å². The number of nitrogens with two attached hydrogens (primary N) is 1. The van der Waals surface area contributed by atoms with Gasteiger partial charge in [-0.3, -0.25) is 9.00 Å². The van der Waals surface area contributed by atoms with Crippen LogP contribution < -0.4 is 11.1 Å². The van der Waals surface area contributed by atoms with Crippen molar-refractivity contribution in [3.8, 4) is 0 Å². The van der Waals surface area contributed by atoms with Crippen LogP contribution in [0.2, 0.25) is 0 Å². The summed E-state index contributed by atoms with van der Waals surface area (Å²) in [6, 6.07) is 0.408. The summed E-state index contributed by atoms with van der Waals surface area (Å²) >= 11 is 0. The number of hydrogen-bond acceptors (Lipinski definition) is 3. The molecule has 0 bridgehead atoms. The molecule has 1 heterocycles. The van der Waals surface area contributed by atoms with Gasteiger partial charge in [0.05, 0.1) is 0 Å². The first-order chi connectivity index (χ1) is 7.58. The van der Waals surface area contributed by atoms with Gasteiger partial charge in [-0.2, -0.15) is 0 Å². The monoisotopic (exact) mass is 246 g/mol. The van der Waals surface area contributed by atoms with E-state index in [0.717, 1.165) is 37.2 Å². The Kier molecular flexibility index (Phi) is 5.98. The van der Waals surface area contributed by atoms with E-state index in [2.05, 4.69) is 5.32 Å². The summed E-state index contributed by atoms with van der Waals surface area (Å²) in [5, 5.41) is 3.00. The largest absolute Gasteiger partial charge is 0.353 e. The van der Waals surface area contributed by atoms with Crippen molar-refractivity contribution in [2.75, 3.05) is 11.5 Å². The minimum Gasteiger partial charge on any atom is -0.353 e. The fourth-order valence-electron chi connectivity index (χ4n) is 1.82. The average molecular weight is 246 g/mol. The lowest BCUT2D eigenvalue weighted by atomic mass is 10.1. The van der Waals surface area contributed by atoms with Crippen LogP contribution in [0, 0.1) is 0 Å². The normalized spacial score (nSPS) is 27.4. The first-order valence-electron chi connectivity index (χ1n) is 5.98. The van der Waals surface area contributed by atoms with Crippen LogP contribution >= 0.6 is 0 Å². The second kappa shape index (κ2) is 7.01. The Morgan fingerprint density at radius 1 is 1.50 bits per heavy atom. The zero-order valence-electron chi connectivity index (χ0n) is 9.91. The molecule has 1 rings (SSSR count). The third kappa shape index (κ3) is 5.61. The van der Waals surface area contributed by atoms with Crippen molar-refractivity contribution < 1.29 is 9.00 Å². The number of amides is 1. The molecule has 1 aliphatic heterocycles. The van der Waals surface area contributed by atoms with Gasteiger partial charge in [0.2, 0.25) is 5.91 Å². The van der Waals surface area contributed by atoms with Crippen molar-refractivity contribution in [2.24, 2.45) is 5.73 Å². The molecule has 0 saturated carbocycles. The number of rotatable bonds is 5. The summed E-state index contributed by atoms with van der Waals surface area (Å²) in [6.45, 7) is 1.95. The van der Waals surface area contributed by atoms with Crippen LogP contribution in [-0.2, 0) is 15.6 Å². The van der Waals surface area contributed by atoms with E-state index in [-0.39, 0.29) is 18.0 Å². The summed E-state index contributed by atoms with van der Waals surface area (Å²) in [6.07, 6.45) is 4.00. The summed E-state index contributed by atoms with van der Waals surface area (Å²) < 4.78 is 11.1. The first kappa shape index (κ1) is 13.6. The molecule has 1 atom stereocenters. The molecule has 1 amide bonds. The predicted molar refractivity (Wildman–Crippen MR) is 66.5 cm³/mol. The van der Waals surface area contributed by atoms with Gasteiger partial charge in [-0.1, -0.05) is 0 Å². The number of carbonyl (C=O) groups excluding carboxylic acids is 1. The Morgan fingerprint density at radius 2 is 2.12 bits per heavy atom. The molecule has 16 heavy (non-hydrogen) atoms. The van der Waals surface area contributed by atoms with Crippen LogP contribution in [-0.4, -0.2) is 33.7 Å². The topological polar surface area (TPSA) is 72.2 Å². The highest BCUT2D eigenvalue weighted by Crippen LogP contribution is 2.09. The fraction of sp³-hybridized carbons (Fsp3) is 0.909. The minimum absolute atomic E-state index is 0.110. The molecule has 0 aromatic carbocycles. The average Bonchev–Trinajstić information content (AvgIpc) is 2.21. The number of carbonyl (C=O) groups is 1. The van der Waals surface area contributed by atoms with E-state index in [0.29, 0.717) is 6.42 Å².